The van der Waals surface area contributed by atoms with Crippen LogP contribution < -0.4 is 21.1 Å². The van der Waals surface area contributed by atoms with Gasteiger partial charge in [-0.25, -0.2) is 18.0 Å². The molecule has 0 spiro atoms. The molecule has 3 saturated carbocycles. The van der Waals surface area contributed by atoms with Gasteiger partial charge in [-0.15, -0.1) is 0 Å². The van der Waals surface area contributed by atoms with Crippen LogP contribution >= 0.6 is 0 Å². The minimum Gasteiger partial charge on any atom is -0.444 e. The number of amides is 5. The molecule has 0 bridgehead atoms. The minimum absolute atomic E-state index is 0.0480. The molecule has 5 atom stereocenters. The van der Waals surface area contributed by atoms with E-state index in [0.717, 1.165) is 25.7 Å². The van der Waals surface area contributed by atoms with E-state index in [1.807, 2.05) is 6.08 Å². The summed E-state index contributed by atoms with van der Waals surface area (Å²) in [6.45, 7) is 6.03. The zero-order valence-corrected chi connectivity index (χ0v) is 29.6. The van der Waals surface area contributed by atoms with Crippen LogP contribution in [0.1, 0.15) is 91.4 Å². The van der Waals surface area contributed by atoms with Crippen LogP contribution in [-0.2, 0) is 38.6 Å². The Morgan fingerprint density at radius 1 is 1.00 bits per heavy atom. The molecular weight excluding hydrogens is 658 g/mol. The monoisotopic (exact) mass is 711 g/mol. The number of primary amides is 1. The molecule has 0 radical (unpaired) electrons. The van der Waals surface area contributed by atoms with Crippen LogP contribution in [0, 0.1) is 17.8 Å². The van der Waals surface area contributed by atoms with E-state index in [0.29, 0.717) is 38.1 Å². The van der Waals surface area contributed by atoms with Gasteiger partial charge < -0.3 is 35.5 Å². The van der Waals surface area contributed by atoms with E-state index >= 15 is 0 Å². The topological polar surface area (TPSA) is 213 Å². The van der Waals surface area contributed by atoms with Crippen molar-refractivity contribution in [2.75, 3.05) is 26.3 Å². The summed E-state index contributed by atoms with van der Waals surface area (Å²) in [6.07, 6.45) is 9.37. The fraction of sp³-hybridized carbons (Fsp3) is 0.788. The molecule has 16 heteroatoms. The molecule has 4 rings (SSSR count). The molecule has 0 aromatic carbocycles. The molecule has 4 aliphatic rings. The normalized spacial score (nSPS) is 25.0. The van der Waals surface area contributed by atoms with Crippen molar-refractivity contribution in [1.29, 1.82) is 0 Å². The van der Waals surface area contributed by atoms with Crippen molar-refractivity contribution in [2.45, 2.75) is 120 Å². The third-order valence-electron chi connectivity index (χ3n) is 9.16. The van der Waals surface area contributed by atoms with Crippen molar-refractivity contribution in [2.24, 2.45) is 23.5 Å². The number of rotatable bonds is 16. The van der Waals surface area contributed by atoms with Gasteiger partial charge in [0.25, 0.3) is 0 Å². The number of nitrogens with zero attached hydrogens (tertiary/aromatic N) is 1. The van der Waals surface area contributed by atoms with Gasteiger partial charge in [-0.3, -0.25) is 19.1 Å². The molecule has 1 heterocycles. The van der Waals surface area contributed by atoms with E-state index in [1.165, 1.54) is 11.3 Å². The van der Waals surface area contributed by atoms with Crippen LogP contribution in [0.15, 0.2) is 12.2 Å². The first kappa shape index (κ1) is 38.4. The summed E-state index contributed by atoms with van der Waals surface area (Å²) in [4.78, 5) is 64.8. The Morgan fingerprint density at radius 3 is 2.37 bits per heavy atom. The van der Waals surface area contributed by atoms with Crippen LogP contribution in [0.5, 0.6) is 0 Å². The second-order valence-corrected chi connectivity index (χ2v) is 16.6. The highest BCUT2D eigenvalue weighted by Crippen LogP contribution is 2.40. The van der Waals surface area contributed by atoms with Gasteiger partial charge in [-0.05, 0) is 77.6 Å². The lowest BCUT2D eigenvalue weighted by molar-refractivity contribution is -0.139. The average Bonchev–Trinajstić information content (AvgIpc) is 3.95. The number of alkyl carbamates (subject to hydrolysis) is 2. The maximum Gasteiger partial charge on any atom is 0.408 e. The Hall–Kier alpha value is -3.40. The first-order valence-corrected chi connectivity index (χ1v) is 19.0. The van der Waals surface area contributed by atoms with Gasteiger partial charge in [0.2, 0.25) is 27.7 Å². The highest BCUT2D eigenvalue weighted by atomic mass is 32.2. The zero-order chi connectivity index (χ0) is 35.8. The number of hydrogen-bond acceptors (Lipinski definition) is 10. The fourth-order valence-corrected chi connectivity index (χ4v) is 7.65. The quantitative estimate of drug-likeness (QED) is 0.135. The Balaban J connectivity index is 1.24. The lowest BCUT2D eigenvalue weighted by atomic mass is 9.89. The molecule has 0 aromatic heterocycles. The molecule has 15 nitrogen and oxygen atoms in total. The number of nitrogens with two attached hydrogens (primary N) is 1. The number of carbonyl (C=O) groups is 5. The van der Waals surface area contributed by atoms with Gasteiger partial charge in [0.1, 0.15) is 23.8 Å². The molecule has 1 saturated heterocycles. The van der Waals surface area contributed by atoms with Crippen LogP contribution in [-0.4, -0.2) is 98.6 Å². The molecule has 49 heavy (non-hydrogen) atoms. The van der Waals surface area contributed by atoms with E-state index in [1.54, 1.807) is 26.8 Å². The lowest BCUT2D eigenvalue weighted by Crippen LogP contribution is -2.53. The number of carbonyl (C=O) groups excluding carboxylic acids is 5. The largest absolute Gasteiger partial charge is 0.444 e. The number of sulfonamides is 1. The minimum atomic E-state index is -3.56. The van der Waals surface area contributed by atoms with Crippen LogP contribution in [0.2, 0.25) is 0 Å². The number of ether oxygens (including phenoxy) is 3. The highest BCUT2D eigenvalue weighted by molar-refractivity contribution is 7.90. The standard InChI is InChI=1S/C33H53N5O10S/c1-33(2,3)48-32(43)36-26(12-8-16-46-15-7-11-22-17-25(22)29(40)37-49(44,45)24-13-14-24)30(41)38-20-23(18-27(38)28(34)39)47-31(42)35-19-21-9-5-4-6-10-21/h7,11,21-27H,4-6,8-10,12-20H2,1-3H3,(H2,34,39)(H,35,42)(H,36,43)(H,37,40)/b11-7-/t22-,23-,25+,26+,27+/m1/s1. The summed E-state index contributed by atoms with van der Waals surface area (Å²) in [7, 11) is -3.56. The third kappa shape index (κ3) is 12.5. The number of allylic oxidation sites excluding steroid dienone is 1. The summed E-state index contributed by atoms with van der Waals surface area (Å²) in [5.74, 6) is -1.77. The predicted molar refractivity (Wildman–Crippen MR) is 178 cm³/mol. The Kier molecular flexibility index (Phi) is 13.3. The number of likely N-dealkylation sites (tertiary alicyclic amines) is 1. The van der Waals surface area contributed by atoms with E-state index in [4.69, 9.17) is 19.9 Å². The summed E-state index contributed by atoms with van der Waals surface area (Å²) in [6, 6.07) is -2.08. The van der Waals surface area contributed by atoms with Gasteiger partial charge in [0, 0.05) is 25.5 Å². The van der Waals surface area contributed by atoms with E-state index in [2.05, 4.69) is 15.4 Å². The predicted octanol–water partition coefficient (Wildman–Crippen LogP) is 2.24. The second-order valence-electron chi connectivity index (χ2n) is 14.6. The second kappa shape index (κ2) is 17.0. The molecule has 5 amide bonds. The fourth-order valence-electron chi connectivity index (χ4n) is 6.29. The van der Waals surface area contributed by atoms with Crippen LogP contribution in [0.3, 0.4) is 0 Å². The Bertz CT molecular complexity index is 1340. The van der Waals surface area contributed by atoms with Crippen molar-refractivity contribution in [1.82, 2.24) is 20.3 Å². The Labute approximate surface area is 288 Å². The number of hydrogen-bond donors (Lipinski definition) is 4. The molecule has 3 aliphatic carbocycles. The van der Waals surface area contributed by atoms with Crippen molar-refractivity contribution in [3.63, 3.8) is 0 Å². The first-order valence-electron chi connectivity index (χ1n) is 17.5. The maximum atomic E-state index is 13.8. The lowest BCUT2D eigenvalue weighted by Gasteiger charge is -2.28. The van der Waals surface area contributed by atoms with Gasteiger partial charge >= 0.3 is 12.2 Å². The molecule has 0 aromatic rings. The first-order chi connectivity index (χ1) is 23.1. The van der Waals surface area contributed by atoms with Crippen molar-refractivity contribution in [3.8, 4) is 0 Å². The van der Waals surface area contributed by atoms with E-state index in [-0.39, 0.29) is 44.4 Å². The van der Waals surface area contributed by atoms with Gasteiger partial charge in [-0.2, -0.15) is 0 Å². The summed E-state index contributed by atoms with van der Waals surface area (Å²) in [5.41, 5.74) is 4.83. The molecule has 276 valence electrons. The maximum absolute atomic E-state index is 13.8. The number of nitrogens with one attached hydrogen (secondary N) is 3. The molecule has 5 N–H and O–H groups in total. The molecule has 0 unspecified atom stereocenters. The van der Waals surface area contributed by atoms with Gasteiger partial charge in [0.05, 0.1) is 18.4 Å². The van der Waals surface area contributed by atoms with Crippen molar-refractivity contribution < 1.29 is 46.6 Å². The van der Waals surface area contributed by atoms with Crippen molar-refractivity contribution >= 4 is 39.9 Å². The summed E-state index contributed by atoms with van der Waals surface area (Å²) < 4.78 is 42.8. The van der Waals surface area contributed by atoms with Crippen molar-refractivity contribution in [3.05, 3.63) is 12.2 Å². The summed E-state index contributed by atoms with van der Waals surface area (Å²) >= 11 is 0. The van der Waals surface area contributed by atoms with Gasteiger partial charge in [0.15, 0.2) is 0 Å². The van der Waals surface area contributed by atoms with Gasteiger partial charge in [-0.1, -0.05) is 31.4 Å². The Morgan fingerprint density at radius 2 is 1.71 bits per heavy atom. The van der Waals surface area contributed by atoms with E-state index < -0.39 is 69.0 Å². The van der Waals surface area contributed by atoms with Crippen LogP contribution in [0.25, 0.3) is 0 Å². The molecular formula is C33H53N5O10S. The smallest absolute Gasteiger partial charge is 0.408 e. The zero-order valence-electron chi connectivity index (χ0n) is 28.8. The molecule has 4 fully saturated rings. The average molecular weight is 712 g/mol. The third-order valence-corrected chi connectivity index (χ3v) is 11.0. The van der Waals surface area contributed by atoms with E-state index in [9.17, 15) is 32.4 Å². The summed E-state index contributed by atoms with van der Waals surface area (Å²) in [5, 5.41) is 4.97. The highest BCUT2D eigenvalue weighted by Gasteiger charge is 2.45. The molecule has 1 aliphatic heterocycles. The SMILES string of the molecule is CC(C)(C)OC(=O)N[C@@H](CCCOC/C=C\[C@@H]1C[C@@H]1C(=O)NS(=O)(=O)C1CC1)C(=O)N1C[C@H](OC(=O)NCC2CCCCC2)C[C@H]1C(N)=O. The van der Waals surface area contributed by atoms with Crippen LogP contribution in [0.4, 0.5) is 9.59 Å².